The lowest BCUT2D eigenvalue weighted by atomic mass is 10.1. The van der Waals surface area contributed by atoms with E-state index in [0.29, 0.717) is 5.92 Å². The number of aliphatic imine (C=N–C) groups is 1. The molecule has 1 aromatic rings. The first-order valence-electron chi connectivity index (χ1n) is 9.30. The Labute approximate surface area is 159 Å². The Morgan fingerprint density at radius 1 is 1.15 bits per heavy atom. The van der Waals surface area contributed by atoms with Crippen molar-refractivity contribution in [2.45, 2.75) is 26.3 Å². The number of likely N-dealkylation sites (N-methyl/N-ethyl adjacent to an activating group) is 1. The third-order valence-electron chi connectivity index (χ3n) is 4.02. The van der Waals surface area contributed by atoms with E-state index in [0.717, 1.165) is 44.4 Å². The molecule has 0 aliphatic carbocycles. The second-order valence-corrected chi connectivity index (χ2v) is 6.95. The molecule has 0 aliphatic rings. The van der Waals surface area contributed by atoms with Gasteiger partial charge in [0.05, 0.1) is 13.2 Å². The van der Waals surface area contributed by atoms with Crippen LogP contribution in [0.5, 0.6) is 5.75 Å². The van der Waals surface area contributed by atoms with Gasteiger partial charge in [-0.25, -0.2) is 0 Å². The van der Waals surface area contributed by atoms with Crippen LogP contribution in [0.3, 0.4) is 0 Å². The normalized spacial score (nSPS) is 13.2. The van der Waals surface area contributed by atoms with E-state index < -0.39 is 0 Å². The largest absolute Gasteiger partial charge is 0.497 e. The summed E-state index contributed by atoms with van der Waals surface area (Å²) in [7, 11) is 7.64. The zero-order chi connectivity index (χ0) is 19.4. The highest BCUT2D eigenvalue weighted by molar-refractivity contribution is 5.79. The molecule has 2 N–H and O–H groups in total. The molecule has 26 heavy (non-hydrogen) atoms. The van der Waals surface area contributed by atoms with Gasteiger partial charge in [0, 0.05) is 33.4 Å². The van der Waals surface area contributed by atoms with E-state index in [-0.39, 0.29) is 6.04 Å². The lowest BCUT2D eigenvalue weighted by Crippen LogP contribution is -2.42. The molecule has 0 bridgehead atoms. The zero-order valence-electron chi connectivity index (χ0n) is 17.2. The monoisotopic (exact) mass is 364 g/mol. The molecule has 0 amide bonds. The fraction of sp³-hybridized carbons (Fsp3) is 0.650. The Bertz CT molecular complexity index is 515. The number of ether oxygens (including phenoxy) is 2. The second-order valence-electron chi connectivity index (χ2n) is 6.95. The molecule has 0 fully saturated rings. The van der Waals surface area contributed by atoms with Gasteiger partial charge in [-0.3, -0.25) is 4.99 Å². The third kappa shape index (κ3) is 8.54. The molecule has 148 valence electrons. The van der Waals surface area contributed by atoms with Crippen molar-refractivity contribution >= 4 is 5.96 Å². The van der Waals surface area contributed by atoms with E-state index in [4.69, 9.17) is 9.47 Å². The number of hydrogen-bond acceptors (Lipinski definition) is 4. The number of guanidine groups is 1. The maximum Gasteiger partial charge on any atom is 0.191 e. The Morgan fingerprint density at radius 3 is 2.38 bits per heavy atom. The Kier molecular flexibility index (Phi) is 10.7. The number of hydrogen-bond donors (Lipinski definition) is 2. The molecule has 0 aromatic heterocycles. The van der Waals surface area contributed by atoms with E-state index in [2.05, 4.69) is 60.6 Å². The summed E-state index contributed by atoms with van der Waals surface area (Å²) in [5, 5.41) is 6.75. The highest BCUT2D eigenvalue weighted by Gasteiger charge is 2.14. The van der Waals surface area contributed by atoms with E-state index >= 15 is 0 Å². The van der Waals surface area contributed by atoms with Crippen molar-refractivity contribution < 1.29 is 9.47 Å². The Balaban J connectivity index is 2.43. The number of nitrogens with zero attached hydrogens (tertiary/aromatic N) is 2. The average molecular weight is 365 g/mol. The zero-order valence-corrected chi connectivity index (χ0v) is 17.2. The summed E-state index contributed by atoms with van der Waals surface area (Å²) in [6.07, 6.45) is 0.961. The van der Waals surface area contributed by atoms with Gasteiger partial charge in [0.2, 0.25) is 0 Å². The fourth-order valence-electron chi connectivity index (χ4n) is 2.54. The number of methoxy groups -OCH3 is 1. The minimum atomic E-state index is 0.244. The van der Waals surface area contributed by atoms with Crippen molar-refractivity contribution in [2.24, 2.45) is 10.9 Å². The van der Waals surface area contributed by atoms with Crippen molar-refractivity contribution in [2.75, 3.05) is 54.6 Å². The summed E-state index contributed by atoms with van der Waals surface area (Å²) in [5.41, 5.74) is 1.24. The van der Waals surface area contributed by atoms with Crippen LogP contribution < -0.4 is 15.4 Å². The number of benzene rings is 1. The molecule has 0 heterocycles. The molecular formula is C20H36N4O2. The lowest BCUT2D eigenvalue weighted by Gasteiger charge is -2.26. The van der Waals surface area contributed by atoms with Crippen LogP contribution in [0.2, 0.25) is 0 Å². The summed E-state index contributed by atoms with van der Waals surface area (Å²) in [4.78, 5) is 6.50. The summed E-state index contributed by atoms with van der Waals surface area (Å²) < 4.78 is 10.8. The molecule has 1 rings (SSSR count). The van der Waals surface area contributed by atoms with Crippen molar-refractivity contribution in [1.82, 2.24) is 15.5 Å². The van der Waals surface area contributed by atoms with Gasteiger partial charge >= 0.3 is 0 Å². The van der Waals surface area contributed by atoms with Gasteiger partial charge in [-0.05, 0) is 44.1 Å². The van der Waals surface area contributed by atoms with E-state index in [1.807, 2.05) is 12.1 Å². The van der Waals surface area contributed by atoms with Crippen molar-refractivity contribution in [3.05, 3.63) is 29.8 Å². The van der Waals surface area contributed by atoms with Crippen LogP contribution in [0, 0.1) is 5.92 Å². The van der Waals surface area contributed by atoms with Crippen LogP contribution in [-0.2, 0) is 4.74 Å². The van der Waals surface area contributed by atoms with Crippen molar-refractivity contribution in [3.8, 4) is 5.75 Å². The first-order valence-corrected chi connectivity index (χ1v) is 9.30. The van der Waals surface area contributed by atoms with Gasteiger partial charge in [0.25, 0.3) is 0 Å². The van der Waals surface area contributed by atoms with E-state index in [9.17, 15) is 0 Å². The molecule has 0 spiro atoms. The van der Waals surface area contributed by atoms with Crippen LogP contribution in [0.25, 0.3) is 0 Å². The Hall–Kier alpha value is -1.79. The van der Waals surface area contributed by atoms with Gasteiger partial charge in [-0.1, -0.05) is 26.0 Å². The fourth-order valence-corrected chi connectivity index (χ4v) is 2.54. The quantitative estimate of drug-likeness (QED) is 0.359. The van der Waals surface area contributed by atoms with Crippen LogP contribution in [0.15, 0.2) is 29.3 Å². The van der Waals surface area contributed by atoms with Crippen LogP contribution in [-0.4, -0.2) is 65.4 Å². The Morgan fingerprint density at radius 2 is 1.85 bits per heavy atom. The first-order chi connectivity index (χ1) is 12.5. The molecular weight excluding hydrogens is 328 g/mol. The molecule has 1 unspecified atom stereocenters. The van der Waals surface area contributed by atoms with E-state index in [1.165, 1.54) is 5.56 Å². The minimum Gasteiger partial charge on any atom is -0.497 e. The molecule has 0 saturated carbocycles. The smallest absolute Gasteiger partial charge is 0.191 e. The van der Waals surface area contributed by atoms with Gasteiger partial charge < -0.3 is 25.0 Å². The highest BCUT2D eigenvalue weighted by Crippen LogP contribution is 2.20. The first kappa shape index (κ1) is 22.3. The average Bonchev–Trinajstić information content (AvgIpc) is 2.62. The molecule has 6 heteroatoms. The van der Waals surface area contributed by atoms with Crippen molar-refractivity contribution in [3.63, 3.8) is 0 Å². The van der Waals surface area contributed by atoms with Gasteiger partial charge in [0.1, 0.15) is 5.75 Å². The minimum absolute atomic E-state index is 0.244. The molecule has 0 saturated heterocycles. The summed E-state index contributed by atoms with van der Waals surface area (Å²) in [6, 6.07) is 8.45. The summed E-state index contributed by atoms with van der Waals surface area (Å²) >= 11 is 0. The topological polar surface area (TPSA) is 58.1 Å². The van der Waals surface area contributed by atoms with Crippen molar-refractivity contribution in [1.29, 1.82) is 0 Å². The van der Waals surface area contributed by atoms with Gasteiger partial charge in [-0.15, -0.1) is 0 Å². The van der Waals surface area contributed by atoms with Gasteiger partial charge in [0.15, 0.2) is 5.96 Å². The predicted octanol–water partition coefficient (Wildman–Crippen LogP) is 2.53. The summed E-state index contributed by atoms with van der Waals surface area (Å²) in [6.45, 7) is 7.52. The van der Waals surface area contributed by atoms with Crippen LogP contribution in [0.4, 0.5) is 0 Å². The maximum absolute atomic E-state index is 5.60. The second kappa shape index (κ2) is 12.5. The molecule has 6 nitrogen and oxygen atoms in total. The highest BCUT2D eigenvalue weighted by atomic mass is 16.5. The lowest BCUT2D eigenvalue weighted by molar-refractivity contribution is 0.108. The predicted molar refractivity (Wildman–Crippen MR) is 109 cm³/mol. The summed E-state index contributed by atoms with van der Waals surface area (Å²) in [5.74, 6) is 2.27. The van der Waals surface area contributed by atoms with Crippen LogP contribution in [0.1, 0.15) is 31.9 Å². The maximum atomic E-state index is 5.60. The van der Waals surface area contributed by atoms with E-state index in [1.54, 1.807) is 14.2 Å². The standard InChI is InChI=1S/C20H36N4O2/c1-16(2)15-26-13-7-12-22-20(21-3)23-14-19(24(4)5)17-8-10-18(25-6)11-9-17/h8-11,16,19H,7,12-15H2,1-6H3,(H2,21,22,23). The number of nitrogens with one attached hydrogen (secondary N) is 2. The molecule has 1 atom stereocenters. The molecule has 0 radical (unpaired) electrons. The SMILES string of the molecule is CN=C(NCCCOCC(C)C)NCC(c1ccc(OC)cc1)N(C)C. The van der Waals surface area contributed by atoms with Gasteiger partial charge in [-0.2, -0.15) is 0 Å². The third-order valence-corrected chi connectivity index (χ3v) is 4.02. The number of rotatable bonds is 11. The van der Waals surface area contributed by atoms with Crippen LogP contribution >= 0.6 is 0 Å². The molecule has 1 aromatic carbocycles. The molecule has 0 aliphatic heterocycles.